The zero-order valence-electron chi connectivity index (χ0n) is 12.3. The molecule has 1 aromatic rings. The van der Waals surface area contributed by atoms with Gasteiger partial charge in [0.2, 0.25) is 11.8 Å². The van der Waals surface area contributed by atoms with Gasteiger partial charge in [-0.3, -0.25) is 14.5 Å². The number of hydrogen-bond acceptors (Lipinski definition) is 3. The van der Waals surface area contributed by atoms with E-state index < -0.39 is 0 Å². The second-order valence-electron chi connectivity index (χ2n) is 6.02. The number of halogens is 2. The fourth-order valence-electron chi connectivity index (χ4n) is 3.16. The zero-order chi connectivity index (χ0) is 15.9. The SMILES string of the molecule is Cc1ccc(NCN2C(=O)C3CC(Br)C(Br)CC3C2=O)cc1. The number of alkyl halides is 2. The van der Waals surface area contributed by atoms with Gasteiger partial charge in [0.25, 0.3) is 0 Å². The predicted molar refractivity (Wildman–Crippen MR) is 93.2 cm³/mol. The normalized spacial score (nSPS) is 31.3. The molecule has 1 saturated heterocycles. The Labute approximate surface area is 146 Å². The third-order valence-electron chi connectivity index (χ3n) is 4.50. The fraction of sp³-hybridized carbons (Fsp3) is 0.500. The summed E-state index contributed by atoms with van der Waals surface area (Å²) >= 11 is 7.19. The summed E-state index contributed by atoms with van der Waals surface area (Å²) in [6.07, 6.45) is 1.43. The number of amides is 2. The molecule has 0 spiro atoms. The molecule has 2 aliphatic rings. The molecule has 4 atom stereocenters. The van der Waals surface area contributed by atoms with Crippen molar-refractivity contribution in [1.29, 1.82) is 0 Å². The van der Waals surface area contributed by atoms with Crippen molar-refractivity contribution in [3.05, 3.63) is 29.8 Å². The van der Waals surface area contributed by atoms with Crippen LogP contribution in [0, 0.1) is 18.8 Å². The summed E-state index contributed by atoms with van der Waals surface area (Å²) in [6, 6.07) is 7.91. The molecule has 1 aliphatic heterocycles. The number of imide groups is 1. The van der Waals surface area contributed by atoms with Crippen LogP contribution >= 0.6 is 31.9 Å². The van der Waals surface area contributed by atoms with E-state index in [4.69, 9.17) is 0 Å². The summed E-state index contributed by atoms with van der Waals surface area (Å²) in [5.74, 6) is -0.437. The van der Waals surface area contributed by atoms with Gasteiger partial charge in [0.05, 0.1) is 18.5 Å². The molecule has 3 rings (SSSR count). The molecule has 2 amide bonds. The molecule has 22 heavy (non-hydrogen) atoms. The second kappa shape index (κ2) is 6.32. The lowest BCUT2D eigenvalue weighted by Crippen LogP contribution is -2.35. The third-order valence-corrected chi connectivity index (χ3v) is 7.23. The Bertz CT molecular complexity index is 562. The monoisotopic (exact) mass is 428 g/mol. The number of carbonyl (C=O) groups is 2. The second-order valence-corrected chi connectivity index (χ2v) is 8.37. The summed E-state index contributed by atoms with van der Waals surface area (Å²) < 4.78 is 0. The van der Waals surface area contributed by atoms with Gasteiger partial charge in [-0.1, -0.05) is 49.6 Å². The fourth-order valence-corrected chi connectivity index (χ4v) is 4.40. The van der Waals surface area contributed by atoms with Crippen LogP contribution in [0.5, 0.6) is 0 Å². The van der Waals surface area contributed by atoms with E-state index in [0.29, 0.717) is 12.8 Å². The number of carbonyl (C=O) groups excluding carboxylic acids is 2. The number of nitrogens with zero attached hydrogens (tertiary/aromatic N) is 1. The Morgan fingerprint density at radius 3 is 2.05 bits per heavy atom. The van der Waals surface area contributed by atoms with Crippen LogP contribution in [0.3, 0.4) is 0 Å². The molecule has 4 unspecified atom stereocenters. The summed E-state index contributed by atoms with van der Waals surface area (Å²) in [4.78, 5) is 26.9. The van der Waals surface area contributed by atoms with Crippen molar-refractivity contribution in [2.24, 2.45) is 11.8 Å². The molecule has 118 valence electrons. The summed E-state index contributed by atoms with van der Waals surface area (Å²) in [6.45, 7) is 2.27. The highest BCUT2D eigenvalue weighted by Gasteiger charge is 2.51. The molecule has 1 aliphatic carbocycles. The van der Waals surface area contributed by atoms with Gasteiger partial charge in [-0.2, -0.15) is 0 Å². The highest BCUT2D eigenvalue weighted by Crippen LogP contribution is 2.43. The molecule has 1 saturated carbocycles. The van der Waals surface area contributed by atoms with E-state index in [1.807, 2.05) is 31.2 Å². The molecule has 6 heteroatoms. The van der Waals surface area contributed by atoms with Gasteiger partial charge in [0, 0.05) is 15.3 Å². The zero-order valence-corrected chi connectivity index (χ0v) is 15.4. The Hall–Kier alpha value is -0.880. The smallest absolute Gasteiger partial charge is 0.234 e. The first-order chi connectivity index (χ1) is 10.5. The number of fused-ring (bicyclic) bond motifs is 1. The van der Waals surface area contributed by atoms with Crippen LogP contribution in [0.25, 0.3) is 0 Å². The van der Waals surface area contributed by atoms with E-state index in [2.05, 4.69) is 37.2 Å². The molecular weight excluding hydrogens is 412 g/mol. The van der Waals surface area contributed by atoms with Crippen LogP contribution in [0.15, 0.2) is 24.3 Å². The van der Waals surface area contributed by atoms with Crippen molar-refractivity contribution in [2.45, 2.75) is 29.4 Å². The molecule has 1 aromatic carbocycles. The first-order valence-corrected chi connectivity index (χ1v) is 9.24. The summed E-state index contributed by atoms with van der Waals surface area (Å²) in [7, 11) is 0. The minimum atomic E-state index is -0.175. The predicted octanol–water partition coefficient (Wildman–Crippen LogP) is 3.29. The third kappa shape index (κ3) is 2.95. The Kier molecular flexibility index (Phi) is 4.59. The van der Waals surface area contributed by atoms with Gasteiger partial charge in [-0.25, -0.2) is 0 Å². The number of benzene rings is 1. The molecule has 4 nitrogen and oxygen atoms in total. The largest absolute Gasteiger partial charge is 0.367 e. The van der Waals surface area contributed by atoms with Gasteiger partial charge in [0.15, 0.2) is 0 Å². The first-order valence-electron chi connectivity index (χ1n) is 7.41. The average molecular weight is 430 g/mol. The summed E-state index contributed by atoms with van der Waals surface area (Å²) in [5.41, 5.74) is 2.09. The van der Waals surface area contributed by atoms with Gasteiger partial charge >= 0.3 is 0 Å². The minimum Gasteiger partial charge on any atom is -0.367 e. The Balaban J connectivity index is 1.68. The van der Waals surface area contributed by atoms with E-state index in [0.717, 1.165) is 5.69 Å². The topological polar surface area (TPSA) is 49.4 Å². The lowest BCUT2D eigenvalue weighted by atomic mass is 9.81. The number of hydrogen-bond donors (Lipinski definition) is 1. The number of aryl methyl sites for hydroxylation is 1. The molecule has 0 aromatic heterocycles. The van der Waals surface area contributed by atoms with E-state index >= 15 is 0 Å². The van der Waals surface area contributed by atoms with Crippen molar-refractivity contribution in [3.8, 4) is 0 Å². The van der Waals surface area contributed by atoms with E-state index in [9.17, 15) is 9.59 Å². The molecule has 2 fully saturated rings. The minimum absolute atomic E-state index is 0.0431. The van der Waals surface area contributed by atoms with Crippen LogP contribution in [0.2, 0.25) is 0 Å². The van der Waals surface area contributed by atoms with Crippen LogP contribution in [0.4, 0.5) is 5.69 Å². The maximum atomic E-state index is 12.5. The quantitative estimate of drug-likeness (QED) is 0.592. The van der Waals surface area contributed by atoms with Crippen molar-refractivity contribution >= 4 is 49.4 Å². The van der Waals surface area contributed by atoms with Gasteiger partial charge in [0.1, 0.15) is 0 Å². The van der Waals surface area contributed by atoms with Gasteiger partial charge < -0.3 is 5.32 Å². The summed E-state index contributed by atoms with van der Waals surface area (Å²) in [5, 5.41) is 3.17. The lowest BCUT2D eigenvalue weighted by Gasteiger charge is -2.29. The standard InChI is InChI=1S/C16H18Br2N2O2/c1-9-2-4-10(5-3-9)19-8-20-15(21)11-6-13(17)14(18)7-12(11)16(20)22/h2-5,11-14,19H,6-8H2,1H3. The lowest BCUT2D eigenvalue weighted by molar-refractivity contribution is -0.139. The van der Waals surface area contributed by atoms with Crippen LogP contribution in [0.1, 0.15) is 18.4 Å². The number of likely N-dealkylation sites (tertiary alicyclic amines) is 1. The number of rotatable bonds is 3. The molecule has 1 N–H and O–H groups in total. The number of anilines is 1. The van der Waals surface area contributed by atoms with Gasteiger partial charge in [-0.15, -0.1) is 0 Å². The van der Waals surface area contributed by atoms with E-state index in [1.54, 1.807) is 0 Å². The highest BCUT2D eigenvalue weighted by molar-refractivity contribution is 9.12. The Morgan fingerprint density at radius 1 is 1.05 bits per heavy atom. The van der Waals surface area contributed by atoms with E-state index in [-0.39, 0.29) is 40.0 Å². The van der Waals surface area contributed by atoms with Crippen LogP contribution in [-0.4, -0.2) is 33.0 Å². The van der Waals surface area contributed by atoms with Crippen molar-refractivity contribution in [1.82, 2.24) is 4.90 Å². The first kappa shape index (κ1) is 16.0. The molecule has 0 radical (unpaired) electrons. The maximum Gasteiger partial charge on any atom is 0.234 e. The van der Waals surface area contributed by atoms with Crippen molar-refractivity contribution < 1.29 is 9.59 Å². The molecule has 0 bridgehead atoms. The maximum absolute atomic E-state index is 12.5. The van der Waals surface area contributed by atoms with Crippen molar-refractivity contribution in [2.75, 3.05) is 12.0 Å². The van der Waals surface area contributed by atoms with Crippen LogP contribution < -0.4 is 5.32 Å². The number of nitrogens with one attached hydrogen (secondary N) is 1. The molecular formula is C16H18Br2N2O2. The molecule has 1 heterocycles. The van der Waals surface area contributed by atoms with Crippen LogP contribution in [-0.2, 0) is 9.59 Å². The average Bonchev–Trinajstić information content (AvgIpc) is 2.71. The Morgan fingerprint density at radius 2 is 1.55 bits per heavy atom. The van der Waals surface area contributed by atoms with Crippen molar-refractivity contribution in [3.63, 3.8) is 0 Å². The van der Waals surface area contributed by atoms with E-state index in [1.165, 1.54) is 10.5 Å². The van der Waals surface area contributed by atoms with Gasteiger partial charge in [-0.05, 0) is 31.9 Å². The highest BCUT2D eigenvalue weighted by atomic mass is 79.9.